The van der Waals surface area contributed by atoms with Crippen molar-refractivity contribution in [3.8, 4) is 11.3 Å². The zero-order chi connectivity index (χ0) is 28.7. The third kappa shape index (κ3) is 5.77. The molecule has 4 heterocycles. The number of piperidine rings is 1. The summed E-state index contributed by atoms with van der Waals surface area (Å²) in [5.74, 6) is -1.15. The third-order valence-electron chi connectivity index (χ3n) is 7.12. The molecule has 2 N–H and O–H groups in total. The number of hydrogen-bond acceptors (Lipinski definition) is 8. The summed E-state index contributed by atoms with van der Waals surface area (Å²) in [5, 5.41) is 3.27. The number of anilines is 2. The molecule has 212 valence electrons. The van der Waals surface area contributed by atoms with Crippen LogP contribution in [0, 0.1) is 17.6 Å². The highest BCUT2D eigenvalue weighted by Crippen LogP contribution is 2.33. The number of carbonyl (C=O) groups is 1. The lowest BCUT2D eigenvalue weighted by molar-refractivity contribution is -0.133. The van der Waals surface area contributed by atoms with Crippen LogP contribution in [0.25, 0.3) is 22.3 Å². The summed E-state index contributed by atoms with van der Waals surface area (Å²) in [6.45, 7) is 1.37. The van der Waals surface area contributed by atoms with Gasteiger partial charge in [0.1, 0.15) is 28.4 Å². The fraction of sp³-hybridized carbons (Fsp3) is 0.296. The van der Waals surface area contributed by atoms with E-state index >= 15 is 0 Å². The number of halogens is 3. The van der Waals surface area contributed by atoms with E-state index in [0.717, 1.165) is 37.8 Å². The monoisotopic (exact) mass is 599 g/mol. The number of nitrogens with zero attached hydrogens (tertiary/aromatic N) is 5. The SMILES string of the molecule is O=C(C1CC1)N1CCC(Nc2ncnc3ccc(-c4cnc(Cl)c(NS(=O)(=O)c5ccc(F)cc5F)c4)nc23)CC1. The fourth-order valence-electron chi connectivity index (χ4n) is 4.79. The van der Waals surface area contributed by atoms with Gasteiger partial charge >= 0.3 is 0 Å². The smallest absolute Gasteiger partial charge is 0.264 e. The Hall–Kier alpha value is -3.97. The number of amides is 1. The van der Waals surface area contributed by atoms with Gasteiger partial charge in [-0.15, -0.1) is 0 Å². The molecule has 0 unspecified atom stereocenters. The van der Waals surface area contributed by atoms with Gasteiger partial charge < -0.3 is 10.2 Å². The Morgan fingerprint density at radius 2 is 1.78 bits per heavy atom. The molecular formula is C27H24ClF2N7O3S. The fourth-order valence-corrected chi connectivity index (χ4v) is 6.11. The molecule has 6 rings (SSSR count). The van der Waals surface area contributed by atoms with Crippen LogP contribution >= 0.6 is 11.6 Å². The van der Waals surface area contributed by atoms with Gasteiger partial charge in [0.15, 0.2) is 11.0 Å². The van der Waals surface area contributed by atoms with E-state index in [4.69, 9.17) is 16.6 Å². The highest BCUT2D eigenvalue weighted by Gasteiger charge is 2.35. The zero-order valence-electron chi connectivity index (χ0n) is 21.5. The van der Waals surface area contributed by atoms with Gasteiger partial charge in [-0.2, -0.15) is 0 Å². The Balaban J connectivity index is 1.24. The quantitative estimate of drug-likeness (QED) is 0.294. The Bertz CT molecular complexity index is 1760. The highest BCUT2D eigenvalue weighted by molar-refractivity contribution is 7.92. The molecule has 4 aromatic rings. The van der Waals surface area contributed by atoms with Gasteiger partial charge in [0, 0.05) is 42.9 Å². The topological polar surface area (TPSA) is 130 Å². The number of benzene rings is 1. The van der Waals surface area contributed by atoms with Crippen LogP contribution in [-0.4, -0.2) is 58.3 Å². The van der Waals surface area contributed by atoms with E-state index in [-0.39, 0.29) is 28.7 Å². The van der Waals surface area contributed by atoms with Gasteiger partial charge in [0.2, 0.25) is 5.91 Å². The van der Waals surface area contributed by atoms with Gasteiger partial charge in [-0.05, 0) is 56.0 Å². The van der Waals surface area contributed by atoms with Crippen LogP contribution < -0.4 is 10.0 Å². The number of aromatic nitrogens is 4. The molecule has 2 fully saturated rings. The van der Waals surface area contributed by atoms with E-state index in [1.165, 1.54) is 18.6 Å². The van der Waals surface area contributed by atoms with E-state index in [1.807, 2.05) is 4.90 Å². The van der Waals surface area contributed by atoms with Gasteiger partial charge in [-0.25, -0.2) is 37.1 Å². The predicted octanol–water partition coefficient (Wildman–Crippen LogP) is 4.63. The van der Waals surface area contributed by atoms with E-state index in [0.29, 0.717) is 47.3 Å². The number of likely N-dealkylation sites (tertiary alicyclic amines) is 1. The lowest BCUT2D eigenvalue weighted by atomic mass is 10.0. The van der Waals surface area contributed by atoms with E-state index in [9.17, 15) is 22.0 Å². The Morgan fingerprint density at radius 1 is 1.00 bits per heavy atom. The van der Waals surface area contributed by atoms with Crippen LogP contribution in [0.5, 0.6) is 0 Å². The zero-order valence-corrected chi connectivity index (χ0v) is 23.1. The molecule has 1 saturated heterocycles. The molecular weight excluding hydrogens is 576 g/mol. The molecule has 2 aliphatic rings. The molecule has 41 heavy (non-hydrogen) atoms. The van der Waals surface area contributed by atoms with Crippen LogP contribution in [0.2, 0.25) is 5.15 Å². The first-order valence-corrected chi connectivity index (χ1v) is 14.8. The van der Waals surface area contributed by atoms with Crippen LogP contribution in [0.1, 0.15) is 25.7 Å². The largest absolute Gasteiger partial charge is 0.365 e. The maximum Gasteiger partial charge on any atom is 0.264 e. The first kappa shape index (κ1) is 27.2. The molecule has 1 aliphatic carbocycles. The molecule has 0 bridgehead atoms. The second-order valence-corrected chi connectivity index (χ2v) is 12.1. The number of rotatable bonds is 7. The minimum atomic E-state index is -4.44. The van der Waals surface area contributed by atoms with Crippen molar-refractivity contribution in [3.05, 3.63) is 65.7 Å². The van der Waals surface area contributed by atoms with Crippen molar-refractivity contribution in [2.45, 2.75) is 36.6 Å². The molecule has 1 amide bonds. The number of nitrogens with one attached hydrogen (secondary N) is 2. The molecule has 1 saturated carbocycles. The maximum atomic E-state index is 14.2. The van der Waals surface area contributed by atoms with Crippen LogP contribution in [0.4, 0.5) is 20.3 Å². The van der Waals surface area contributed by atoms with Crippen molar-refractivity contribution >= 4 is 50.1 Å². The highest BCUT2D eigenvalue weighted by atomic mass is 35.5. The molecule has 0 atom stereocenters. The minimum Gasteiger partial charge on any atom is -0.365 e. The summed E-state index contributed by atoms with van der Waals surface area (Å²) >= 11 is 6.15. The number of carbonyl (C=O) groups excluding carboxylic acids is 1. The van der Waals surface area contributed by atoms with E-state index < -0.39 is 26.6 Å². The van der Waals surface area contributed by atoms with Gasteiger partial charge in [-0.1, -0.05) is 11.6 Å². The number of sulfonamides is 1. The maximum absolute atomic E-state index is 14.2. The van der Waals surface area contributed by atoms with E-state index in [2.05, 4.69) is 25.0 Å². The van der Waals surface area contributed by atoms with Gasteiger partial charge in [-0.3, -0.25) is 9.52 Å². The normalized spacial score (nSPS) is 16.1. The van der Waals surface area contributed by atoms with Crippen molar-refractivity contribution < 1.29 is 22.0 Å². The summed E-state index contributed by atoms with van der Waals surface area (Å²) in [4.78, 5) is 31.1. The van der Waals surface area contributed by atoms with Crippen LogP contribution in [0.3, 0.4) is 0 Å². The van der Waals surface area contributed by atoms with Gasteiger partial charge in [0.05, 0.1) is 16.9 Å². The standard InChI is InChI=1S/C27H24ClF2N7O3S/c28-25-22(36-41(39,40)23-6-3-17(29)12-19(23)30)11-16(13-31-25)20-4-5-21-24(35-20)26(33-14-32-21)34-18-7-9-37(10-8-18)27(38)15-1-2-15/h3-6,11-15,18,36H,1-2,7-10H2,(H,32,33,34). The lowest BCUT2D eigenvalue weighted by Crippen LogP contribution is -2.43. The Kier molecular flexibility index (Phi) is 7.16. The summed E-state index contributed by atoms with van der Waals surface area (Å²) in [6.07, 6.45) is 6.41. The Morgan fingerprint density at radius 3 is 2.51 bits per heavy atom. The molecule has 3 aromatic heterocycles. The summed E-state index contributed by atoms with van der Waals surface area (Å²) < 4.78 is 55.3. The van der Waals surface area contributed by atoms with Gasteiger partial charge in [0.25, 0.3) is 10.0 Å². The number of pyridine rings is 2. The van der Waals surface area contributed by atoms with Crippen molar-refractivity contribution in [1.82, 2.24) is 24.8 Å². The number of fused-ring (bicyclic) bond motifs is 1. The molecule has 0 radical (unpaired) electrons. The second-order valence-electron chi connectivity index (χ2n) is 10.0. The van der Waals surface area contributed by atoms with Crippen molar-refractivity contribution in [2.75, 3.05) is 23.1 Å². The lowest BCUT2D eigenvalue weighted by Gasteiger charge is -2.32. The molecule has 0 spiro atoms. The molecule has 1 aromatic carbocycles. The van der Waals surface area contributed by atoms with Crippen LogP contribution in [0.15, 0.2) is 53.8 Å². The van der Waals surface area contributed by atoms with Crippen molar-refractivity contribution in [3.63, 3.8) is 0 Å². The van der Waals surface area contributed by atoms with Crippen molar-refractivity contribution in [2.24, 2.45) is 5.92 Å². The summed E-state index contributed by atoms with van der Waals surface area (Å²) in [5.41, 5.74) is 1.87. The molecule has 10 nitrogen and oxygen atoms in total. The molecule has 14 heteroatoms. The van der Waals surface area contributed by atoms with Crippen molar-refractivity contribution in [1.29, 1.82) is 0 Å². The second kappa shape index (κ2) is 10.8. The number of hydrogen-bond donors (Lipinski definition) is 2. The van der Waals surface area contributed by atoms with E-state index in [1.54, 1.807) is 12.1 Å². The first-order valence-electron chi connectivity index (χ1n) is 13.0. The van der Waals surface area contributed by atoms with Crippen LogP contribution in [-0.2, 0) is 14.8 Å². The third-order valence-corrected chi connectivity index (χ3v) is 8.82. The first-order chi connectivity index (χ1) is 19.7. The average Bonchev–Trinajstić information content (AvgIpc) is 3.80. The summed E-state index contributed by atoms with van der Waals surface area (Å²) in [6, 6.07) is 7.13. The predicted molar refractivity (Wildman–Crippen MR) is 149 cm³/mol. The molecule has 1 aliphatic heterocycles. The minimum absolute atomic E-state index is 0.104. The summed E-state index contributed by atoms with van der Waals surface area (Å²) in [7, 11) is -4.44. The Labute approximate surface area is 239 Å². The average molecular weight is 600 g/mol.